The summed E-state index contributed by atoms with van der Waals surface area (Å²) in [5.74, 6) is -0.259. The van der Waals surface area contributed by atoms with Gasteiger partial charge in [0.2, 0.25) is 15.9 Å². The van der Waals surface area contributed by atoms with Gasteiger partial charge in [-0.2, -0.15) is 4.31 Å². The quantitative estimate of drug-likeness (QED) is 0.584. The normalized spacial score (nSPS) is 11.5. The van der Waals surface area contributed by atoms with Crippen LogP contribution in [0, 0.1) is 13.8 Å². The highest BCUT2D eigenvalue weighted by Gasteiger charge is 2.21. The number of amides is 1. The van der Waals surface area contributed by atoms with E-state index in [0.717, 1.165) is 16.7 Å². The topological polar surface area (TPSA) is 83.6 Å². The Labute approximate surface area is 179 Å². The fourth-order valence-electron chi connectivity index (χ4n) is 3.18. The molecule has 2 aromatic carbocycles. The summed E-state index contributed by atoms with van der Waals surface area (Å²) in [7, 11) is -3.49. The zero-order valence-corrected chi connectivity index (χ0v) is 18.9. The van der Waals surface area contributed by atoms with Crippen molar-refractivity contribution in [3.8, 4) is 0 Å². The first-order valence-corrected chi connectivity index (χ1v) is 11.6. The lowest BCUT2D eigenvalue weighted by atomic mass is 9.99. The number of nitrogens with zero attached hydrogens (tertiary/aromatic N) is 1. The second-order valence-electron chi connectivity index (χ2n) is 7.25. The number of Topliss-reactive ketones (excluding diaryl/α,β-unsaturated/α-hetero) is 1. The number of ketones is 1. The van der Waals surface area contributed by atoms with Crippen LogP contribution >= 0.6 is 0 Å². The highest BCUT2D eigenvalue weighted by molar-refractivity contribution is 7.89. The number of carbonyl (C=O) groups is 2. The van der Waals surface area contributed by atoms with Gasteiger partial charge in [0.25, 0.3) is 0 Å². The maximum Gasteiger partial charge on any atom is 0.243 e. The van der Waals surface area contributed by atoms with Crippen molar-refractivity contribution in [2.45, 2.75) is 52.0 Å². The molecule has 0 aliphatic carbocycles. The first kappa shape index (κ1) is 23.8. The predicted molar refractivity (Wildman–Crippen MR) is 118 cm³/mol. The molecule has 1 amide bonds. The molecule has 1 N–H and O–H groups in total. The van der Waals surface area contributed by atoms with Crippen molar-refractivity contribution in [3.63, 3.8) is 0 Å². The third-order valence-corrected chi connectivity index (χ3v) is 7.09. The third kappa shape index (κ3) is 6.00. The van der Waals surface area contributed by atoms with Gasteiger partial charge in [-0.05, 0) is 43.2 Å². The monoisotopic (exact) mass is 430 g/mol. The van der Waals surface area contributed by atoms with E-state index >= 15 is 0 Å². The van der Waals surface area contributed by atoms with Gasteiger partial charge in [0.15, 0.2) is 5.78 Å². The molecule has 0 fully saturated rings. The fourth-order valence-corrected chi connectivity index (χ4v) is 4.64. The van der Waals surface area contributed by atoms with Crippen LogP contribution in [0.3, 0.4) is 0 Å². The minimum absolute atomic E-state index is 0.0442. The van der Waals surface area contributed by atoms with E-state index in [2.05, 4.69) is 5.32 Å². The Kier molecular flexibility index (Phi) is 8.32. The number of aryl methyl sites for hydroxylation is 2. The molecule has 0 radical (unpaired) electrons. The standard InChI is InChI=1S/C23H30N2O4S/c1-5-25(6-2)30(28,29)20-11-9-19(10-12-20)16-24-23(27)14-13-22(26)21-15-17(3)7-8-18(21)4/h7-12,15H,5-6,13-14,16H2,1-4H3,(H,24,27). The zero-order valence-electron chi connectivity index (χ0n) is 18.1. The van der Waals surface area contributed by atoms with Crippen LogP contribution in [0.15, 0.2) is 47.4 Å². The Hall–Kier alpha value is -2.51. The molecule has 0 saturated carbocycles. The molecule has 0 aromatic heterocycles. The van der Waals surface area contributed by atoms with E-state index in [-0.39, 0.29) is 36.0 Å². The van der Waals surface area contributed by atoms with E-state index in [4.69, 9.17) is 0 Å². The molecule has 0 unspecified atom stereocenters. The minimum atomic E-state index is -3.49. The highest BCUT2D eigenvalue weighted by Crippen LogP contribution is 2.17. The molecular formula is C23H30N2O4S. The molecular weight excluding hydrogens is 400 g/mol. The Morgan fingerprint density at radius 1 is 0.933 bits per heavy atom. The summed E-state index contributed by atoms with van der Waals surface area (Å²) < 4.78 is 26.4. The van der Waals surface area contributed by atoms with Crippen LogP contribution < -0.4 is 5.32 Å². The van der Waals surface area contributed by atoms with Crippen molar-refractivity contribution in [3.05, 3.63) is 64.7 Å². The summed E-state index contributed by atoms with van der Waals surface area (Å²) in [6.07, 6.45) is 0.262. The molecule has 30 heavy (non-hydrogen) atoms. The number of sulfonamides is 1. The summed E-state index contributed by atoms with van der Waals surface area (Å²) in [5.41, 5.74) is 3.38. The summed E-state index contributed by atoms with van der Waals surface area (Å²) >= 11 is 0. The Balaban J connectivity index is 1.89. The molecule has 0 saturated heterocycles. The van der Waals surface area contributed by atoms with Crippen LogP contribution in [0.2, 0.25) is 0 Å². The van der Waals surface area contributed by atoms with Gasteiger partial charge < -0.3 is 5.32 Å². The van der Waals surface area contributed by atoms with Gasteiger partial charge >= 0.3 is 0 Å². The molecule has 0 atom stereocenters. The van der Waals surface area contributed by atoms with E-state index in [0.29, 0.717) is 18.7 Å². The van der Waals surface area contributed by atoms with Crippen LogP contribution in [0.1, 0.15) is 53.7 Å². The van der Waals surface area contributed by atoms with Gasteiger partial charge in [-0.25, -0.2) is 8.42 Å². The Morgan fingerprint density at radius 2 is 1.57 bits per heavy atom. The lowest BCUT2D eigenvalue weighted by Crippen LogP contribution is -2.30. The molecule has 0 heterocycles. The van der Waals surface area contributed by atoms with Gasteiger partial charge in [0.05, 0.1) is 4.90 Å². The smallest absolute Gasteiger partial charge is 0.243 e. The van der Waals surface area contributed by atoms with Gasteiger partial charge in [0, 0.05) is 38.0 Å². The lowest BCUT2D eigenvalue weighted by Gasteiger charge is -2.18. The maximum atomic E-state index is 12.5. The summed E-state index contributed by atoms with van der Waals surface area (Å²) in [4.78, 5) is 24.8. The van der Waals surface area contributed by atoms with Crippen LogP contribution in [0.4, 0.5) is 0 Å². The van der Waals surface area contributed by atoms with E-state index in [1.807, 2.05) is 32.0 Å². The summed E-state index contributed by atoms with van der Waals surface area (Å²) in [6.45, 7) is 8.53. The van der Waals surface area contributed by atoms with Gasteiger partial charge in [-0.3, -0.25) is 9.59 Å². The molecule has 2 rings (SSSR count). The van der Waals surface area contributed by atoms with Crippen molar-refractivity contribution >= 4 is 21.7 Å². The van der Waals surface area contributed by atoms with Crippen LogP contribution in [-0.2, 0) is 21.4 Å². The van der Waals surface area contributed by atoms with E-state index in [1.165, 1.54) is 4.31 Å². The molecule has 0 aliphatic rings. The largest absolute Gasteiger partial charge is 0.352 e. The first-order chi connectivity index (χ1) is 14.2. The van der Waals surface area contributed by atoms with E-state index in [9.17, 15) is 18.0 Å². The van der Waals surface area contributed by atoms with Crippen molar-refractivity contribution in [2.24, 2.45) is 0 Å². The number of hydrogen-bond donors (Lipinski definition) is 1. The van der Waals surface area contributed by atoms with Crippen molar-refractivity contribution in [1.29, 1.82) is 0 Å². The SMILES string of the molecule is CCN(CC)S(=O)(=O)c1ccc(CNC(=O)CCC(=O)c2cc(C)ccc2C)cc1. The molecule has 2 aromatic rings. The second kappa shape index (κ2) is 10.5. The Bertz CT molecular complexity index is 994. The van der Waals surface area contributed by atoms with Crippen molar-refractivity contribution in [1.82, 2.24) is 9.62 Å². The predicted octanol–water partition coefficient (Wildman–Crippen LogP) is 3.61. The van der Waals surface area contributed by atoms with Gasteiger partial charge in [0.1, 0.15) is 0 Å². The maximum absolute atomic E-state index is 12.5. The lowest BCUT2D eigenvalue weighted by molar-refractivity contribution is -0.121. The molecule has 0 spiro atoms. The third-order valence-electron chi connectivity index (χ3n) is 5.03. The summed E-state index contributed by atoms with van der Waals surface area (Å²) in [5, 5.41) is 2.78. The number of rotatable bonds is 10. The molecule has 0 bridgehead atoms. The molecule has 0 aliphatic heterocycles. The Morgan fingerprint density at radius 3 is 2.17 bits per heavy atom. The molecule has 7 heteroatoms. The first-order valence-electron chi connectivity index (χ1n) is 10.1. The second-order valence-corrected chi connectivity index (χ2v) is 9.19. The minimum Gasteiger partial charge on any atom is -0.352 e. The highest BCUT2D eigenvalue weighted by atomic mass is 32.2. The zero-order chi connectivity index (χ0) is 22.3. The summed E-state index contributed by atoms with van der Waals surface area (Å²) in [6, 6.07) is 12.2. The van der Waals surface area contributed by atoms with Crippen LogP contribution in [0.25, 0.3) is 0 Å². The van der Waals surface area contributed by atoms with Gasteiger partial charge in [-0.1, -0.05) is 43.7 Å². The fraction of sp³-hybridized carbons (Fsp3) is 0.391. The van der Waals surface area contributed by atoms with Crippen LogP contribution in [0.5, 0.6) is 0 Å². The number of benzene rings is 2. The van der Waals surface area contributed by atoms with Gasteiger partial charge in [-0.15, -0.1) is 0 Å². The average molecular weight is 431 g/mol. The van der Waals surface area contributed by atoms with Crippen molar-refractivity contribution in [2.75, 3.05) is 13.1 Å². The number of nitrogens with one attached hydrogen (secondary N) is 1. The van der Waals surface area contributed by atoms with E-state index < -0.39 is 10.0 Å². The van der Waals surface area contributed by atoms with Crippen LogP contribution in [-0.4, -0.2) is 37.5 Å². The van der Waals surface area contributed by atoms with Crippen molar-refractivity contribution < 1.29 is 18.0 Å². The average Bonchev–Trinajstić information content (AvgIpc) is 2.73. The number of hydrogen-bond acceptors (Lipinski definition) is 4. The molecule has 6 nitrogen and oxygen atoms in total. The number of carbonyl (C=O) groups excluding carboxylic acids is 2. The molecule has 162 valence electrons. The van der Waals surface area contributed by atoms with E-state index in [1.54, 1.807) is 38.1 Å².